The van der Waals surface area contributed by atoms with Crippen LogP contribution in [0.2, 0.25) is 26.4 Å². The topological polar surface area (TPSA) is 12.9 Å². The Bertz CT molecular complexity index is 409. The minimum absolute atomic E-state index is 0.749. The van der Waals surface area contributed by atoms with Crippen molar-refractivity contribution in [2.24, 2.45) is 0 Å². The van der Waals surface area contributed by atoms with Crippen molar-refractivity contribution in [3.05, 3.63) is 4.88 Å². The Morgan fingerprint density at radius 2 is 1.36 bits per heavy atom. The normalized spacial score (nSPS) is 12.3. The molecule has 1 heterocycles. The maximum absolute atomic E-state index is 5.31. The Hall–Kier alpha value is 0.646. The average Bonchev–Trinajstić information content (AvgIpc) is 2.90. The second kappa shape index (κ2) is 10.5. The third-order valence-corrected chi connectivity index (χ3v) is 24.5. The third-order valence-electron chi connectivity index (χ3n) is 4.84. The zero-order chi connectivity index (χ0) is 16.6. The van der Waals surface area contributed by atoms with Crippen molar-refractivity contribution in [3.63, 3.8) is 0 Å². The van der Waals surface area contributed by atoms with E-state index in [2.05, 4.69) is 52.1 Å². The van der Waals surface area contributed by atoms with E-state index in [9.17, 15) is 0 Å². The van der Waals surface area contributed by atoms with Crippen molar-refractivity contribution in [2.45, 2.75) is 92.6 Å². The molecule has 0 aliphatic carbocycles. The van der Waals surface area contributed by atoms with E-state index >= 15 is 0 Å². The Balaban J connectivity index is 3.18. The van der Waals surface area contributed by atoms with Gasteiger partial charge in [0.25, 0.3) is 0 Å². The molecule has 0 bridgehead atoms. The second-order valence-corrected chi connectivity index (χ2v) is 24.7. The van der Waals surface area contributed by atoms with Crippen LogP contribution in [0.3, 0.4) is 0 Å². The molecule has 0 saturated heterocycles. The quantitative estimate of drug-likeness (QED) is 0.426. The third kappa shape index (κ3) is 5.62. The van der Waals surface area contributed by atoms with Crippen LogP contribution in [0, 0.1) is 6.92 Å². The average molecular weight is 446 g/mol. The molecule has 0 radical (unpaired) electrons. The first-order valence-corrected chi connectivity index (χ1v) is 20.7. The summed E-state index contributed by atoms with van der Waals surface area (Å²) in [5.74, 6) is 0. The Morgan fingerprint density at radius 3 is 1.68 bits per heavy atom. The van der Waals surface area contributed by atoms with Crippen LogP contribution in [-0.2, 0) is 0 Å². The van der Waals surface area contributed by atoms with Crippen molar-refractivity contribution < 1.29 is 0 Å². The van der Waals surface area contributed by atoms with Crippen molar-refractivity contribution >= 4 is 46.9 Å². The molecule has 0 amide bonds. The van der Waals surface area contributed by atoms with Crippen LogP contribution in [0.5, 0.6) is 0 Å². The molecule has 0 aliphatic heterocycles. The number of unbranched alkanes of at least 4 members (excludes halogenated alkanes) is 3. The summed E-state index contributed by atoms with van der Waals surface area (Å²) >= 11 is -0.225. The summed E-state index contributed by atoms with van der Waals surface area (Å²) in [5, 5.41) is 0. The molecule has 0 fully saturated rings. The maximum atomic E-state index is 5.31. The van der Waals surface area contributed by atoms with Crippen molar-refractivity contribution in [1.29, 1.82) is 0 Å². The van der Waals surface area contributed by atoms with Crippen molar-refractivity contribution in [3.8, 4) is 0 Å². The zero-order valence-electron chi connectivity index (χ0n) is 15.8. The summed E-state index contributed by atoms with van der Waals surface area (Å²) in [5.41, 5.74) is 0. The molecule has 0 aromatic carbocycles. The molecule has 0 aliphatic rings. The van der Waals surface area contributed by atoms with E-state index in [-0.39, 0.29) is 0 Å². The first-order valence-electron chi connectivity index (χ1n) is 9.48. The molecular formula is C18H37NSSiSn. The predicted molar refractivity (Wildman–Crippen MR) is 110 cm³/mol. The van der Waals surface area contributed by atoms with Gasteiger partial charge >= 0.3 is 149 Å². The standard InChI is InChI=1S/C6H10NSSi.3C4H9.Sn/c1-5-4-7-6(8-5)9(2)3;3*1-3-4-2;/h9H,1-3H3;3*1,3-4H2,2H3;. The van der Waals surface area contributed by atoms with Crippen LogP contribution in [0.15, 0.2) is 0 Å². The van der Waals surface area contributed by atoms with Crippen molar-refractivity contribution in [1.82, 2.24) is 4.98 Å². The number of nitrogens with zero attached hydrogens (tertiary/aromatic N) is 1. The monoisotopic (exact) mass is 447 g/mol. The number of aromatic nitrogens is 1. The number of aryl methyl sites for hydroxylation is 1. The van der Waals surface area contributed by atoms with E-state index in [1.807, 2.05) is 0 Å². The molecule has 22 heavy (non-hydrogen) atoms. The number of hydrogen-bond acceptors (Lipinski definition) is 2. The van der Waals surface area contributed by atoms with Crippen LogP contribution in [0.1, 0.15) is 64.2 Å². The SMILES string of the molecule is CCC[CH2][Sn]([CH2]CCC)([CH2]CCC)[c]1nc([SiH](C)C)sc1C. The molecule has 1 rings (SSSR count). The minimum atomic E-state index is -2.28. The summed E-state index contributed by atoms with van der Waals surface area (Å²) in [6.45, 7) is 14.3. The van der Waals surface area contributed by atoms with Gasteiger partial charge in [-0.25, -0.2) is 0 Å². The van der Waals surface area contributed by atoms with Gasteiger partial charge in [-0.05, 0) is 0 Å². The van der Waals surface area contributed by atoms with E-state index < -0.39 is 27.2 Å². The predicted octanol–water partition coefficient (Wildman–Crippen LogP) is 5.20. The summed E-state index contributed by atoms with van der Waals surface area (Å²) < 4.78 is 7.88. The molecule has 0 N–H and O–H groups in total. The first-order chi connectivity index (χ1) is 10.5. The molecule has 128 valence electrons. The summed E-state index contributed by atoms with van der Waals surface area (Å²) in [6, 6.07) is 0. The summed E-state index contributed by atoms with van der Waals surface area (Å²) in [7, 11) is -0.749. The van der Waals surface area contributed by atoms with Gasteiger partial charge in [0.1, 0.15) is 0 Å². The first kappa shape index (κ1) is 20.7. The molecule has 0 atom stereocenters. The van der Waals surface area contributed by atoms with Crippen LogP contribution in [0.4, 0.5) is 0 Å². The molecule has 0 saturated carbocycles. The van der Waals surface area contributed by atoms with Gasteiger partial charge in [-0.1, -0.05) is 0 Å². The zero-order valence-corrected chi connectivity index (χ0v) is 20.6. The van der Waals surface area contributed by atoms with Gasteiger partial charge < -0.3 is 0 Å². The van der Waals surface area contributed by atoms with E-state index in [0.717, 1.165) is 0 Å². The van der Waals surface area contributed by atoms with Gasteiger partial charge in [-0.3, -0.25) is 0 Å². The van der Waals surface area contributed by atoms with Gasteiger partial charge in [0.05, 0.1) is 0 Å². The number of hydrogen-bond donors (Lipinski definition) is 0. The fraction of sp³-hybridized carbons (Fsp3) is 0.833. The van der Waals surface area contributed by atoms with E-state index in [1.54, 1.807) is 21.9 Å². The van der Waals surface area contributed by atoms with E-state index in [4.69, 9.17) is 4.98 Å². The van der Waals surface area contributed by atoms with Gasteiger partial charge in [0.15, 0.2) is 0 Å². The summed E-state index contributed by atoms with van der Waals surface area (Å²) in [4.78, 5) is 6.92. The fourth-order valence-corrected chi connectivity index (χ4v) is 24.5. The van der Waals surface area contributed by atoms with E-state index in [1.165, 1.54) is 43.2 Å². The molecular weight excluding hydrogens is 409 g/mol. The second-order valence-electron chi connectivity index (χ2n) is 7.20. The molecule has 0 spiro atoms. The Morgan fingerprint density at radius 1 is 0.909 bits per heavy atom. The van der Waals surface area contributed by atoms with Crippen LogP contribution in [0.25, 0.3) is 0 Å². The Kier molecular flexibility index (Phi) is 9.87. The number of thiazole rings is 1. The Labute approximate surface area is 148 Å². The molecule has 1 nitrogen and oxygen atoms in total. The van der Waals surface area contributed by atoms with Crippen LogP contribution >= 0.6 is 11.3 Å². The molecule has 4 heteroatoms. The molecule has 1 aromatic heterocycles. The van der Waals surface area contributed by atoms with E-state index in [0.29, 0.717) is 0 Å². The molecule has 0 unspecified atom stereocenters. The van der Waals surface area contributed by atoms with Gasteiger partial charge in [0.2, 0.25) is 0 Å². The number of rotatable bonds is 11. The van der Waals surface area contributed by atoms with Crippen LogP contribution < -0.4 is 8.34 Å². The van der Waals surface area contributed by atoms with Gasteiger partial charge in [-0.15, -0.1) is 0 Å². The van der Waals surface area contributed by atoms with Gasteiger partial charge in [-0.2, -0.15) is 0 Å². The molecule has 1 aromatic rings. The van der Waals surface area contributed by atoms with Gasteiger partial charge in [0, 0.05) is 0 Å². The summed E-state index contributed by atoms with van der Waals surface area (Å²) in [6.07, 6.45) is 8.38. The fourth-order valence-electron chi connectivity index (χ4n) is 3.43. The van der Waals surface area contributed by atoms with Crippen molar-refractivity contribution in [2.75, 3.05) is 0 Å². The van der Waals surface area contributed by atoms with Crippen LogP contribution in [-0.4, -0.2) is 32.2 Å².